The molecule has 10 nitrogen and oxygen atoms in total. The van der Waals surface area contributed by atoms with Crippen LogP contribution in [0.3, 0.4) is 0 Å². The lowest BCUT2D eigenvalue weighted by atomic mass is 10.3. The highest BCUT2D eigenvalue weighted by molar-refractivity contribution is 7.88. The van der Waals surface area contributed by atoms with E-state index >= 15 is 0 Å². The number of hydrogen-bond acceptors (Lipinski definition) is 8. The van der Waals surface area contributed by atoms with Crippen molar-refractivity contribution < 1.29 is 13.3 Å². The Morgan fingerprint density at radius 2 is 2.11 bits per heavy atom. The molecule has 0 aromatic carbocycles. The first-order valence-electron chi connectivity index (χ1n) is 5.14. The van der Waals surface area contributed by atoms with E-state index in [2.05, 4.69) is 20.4 Å². The van der Waals surface area contributed by atoms with Crippen LogP contribution in [0.15, 0.2) is 12.1 Å². The fraction of sp³-hybridized carbons (Fsp3) is 0.375. The van der Waals surface area contributed by atoms with Gasteiger partial charge in [-0.05, 0) is 6.07 Å². The number of nitrogen functional groups attached to an aromatic ring is 1. The van der Waals surface area contributed by atoms with Gasteiger partial charge >= 0.3 is 5.69 Å². The first-order chi connectivity index (χ1) is 8.83. The van der Waals surface area contributed by atoms with Gasteiger partial charge in [-0.15, -0.1) is 0 Å². The predicted octanol–water partition coefficient (Wildman–Crippen LogP) is -0.763. The molecule has 0 spiro atoms. The molecule has 0 aliphatic carbocycles. The van der Waals surface area contributed by atoms with Crippen molar-refractivity contribution >= 4 is 27.3 Å². The van der Waals surface area contributed by atoms with E-state index in [1.165, 1.54) is 12.1 Å². The zero-order valence-electron chi connectivity index (χ0n) is 10.1. The molecule has 1 aromatic rings. The van der Waals surface area contributed by atoms with Crippen LogP contribution in [0.4, 0.5) is 17.3 Å². The van der Waals surface area contributed by atoms with Crippen LogP contribution in [-0.4, -0.2) is 37.7 Å². The van der Waals surface area contributed by atoms with E-state index in [0.717, 1.165) is 6.26 Å². The minimum Gasteiger partial charge on any atom is -0.363 e. The van der Waals surface area contributed by atoms with E-state index in [0.29, 0.717) is 0 Å². The second kappa shape index (κ2) is 6.26. The van der Waals surface area contributed by atoms with Crippen LogP contribution in [0.25, 0.3) is 0 Å². The molecule has 0 bridgehead atoms. The van der Waals surface area contributed by atoms with E-state index < -0.39 is 14.9 Å². The molecule has 11 heteroatoms. The summed E-state index contributed by atoms with van der Waals surface area (Å²) < 4.78 is 23.9. The van der Waals surface area contributed by atoms with Gasteiger partial charge in [0.15, 0.2) is 0 Å². The highest BCUT2D eigenvalue weighted by Crippen LogP contribution is 2.23. The van der Waals surface area contributed by atoms with E-state index in [1.807, 2.05) is 0 Å². The van der Waals surface area contributed by atoms with Crippen LogP contribution in [0.2, 0.25) is 0 Å². The predicted molar refractivity (Wildman–Crippen MR) is 70.0 cm³/mol. The van der Waals surface area contributed by atoms with Gasteiger partial charge in [0.2, 0.25) is 15.8 Å². The van der Waals surface area contributed by atoms with Gasteiger partial charge in [0.1, 0.15) is 5.82 Å². The number of sulfonamides is 1. The number of hydrazine groups is 1. The fourth-order valence-electron chi connectivity index (χ4n) is 1.23. The Morgan fingerprint density at radius 3 is 2.63 bits per heavy atom. The Kier molecular flexibility index (Phi) is 4.97. The molecular weight excluding hydrogens is 276 g/mol. The van der Waals surface area contributed by atoms with E-state index in [1.54, 1.807) is 0 Å². The SMILES string of the molecule is CS(=O)(=O)NCCNc1nc(NN)ccc1[N+](=O)[O-]. The summed E-state index contributed by atoms with van der Waals surface area (Å²) >= 11 is 0. The van der Waals surface area contributed by atoms with Crippen molar-refractivity contribution in [2.75, 3.05) is 30.1 Å². The van der Waals surface area contributed by atoms with Gasteiger partial charge in [-0.1, -0.05) is 0 Å². The van der Waals surface area contributed by atoms with Crippen LogP contribution >= 0.6 is 0 Å². The van der Waals surface area contributed by atoms with Gasteiger partial charge in [-0.25, -0.2) is 24.0 Å². The summed E-state index contributed by atoms with van der Waals surface area (Å²) in [6.07, 6.45) is 1.02. The summed E-state index contributed by atoms with van der Waals surface area (Å²) in [5.74, 6) is 5.42. The summed E-state index contributed by atoms with van der Waals surface area (Å²) in [6, 6.07) is 2.60. The maximum atomic E-state index is 10.8. The van der Waals surface area contributed by atoms with Gasteiger partial charge in [-0.2, -0.15) is 0 Å². The molecule has 0 aliphatic heterocycles. The van der Waals surface area contributed by atoms with Gasteiger partial charge < -0.3 is 10.7 Å². The zero-order chi connectivity index (χ0) is 14.5. The van der Waals surface area contributed by atoms with Gasteiger partial charge in [0, 0.05) is 19.2 Å². The molecule has 0 aliphatic rings. The third-order valence-corrected chi connectivity index (χ3v) is 2.73. The molecular formula is C8H14N6O4S. The molecule has 5 N–H and O–H groups in total. The molecule has 0 saturated carbocycles. The quantitative estimate of drug-likeness (QED) is 0.221. The van der Waals surface area contributed by atoms with E-state index in [9.17, 15) is 18.5 Å². The fourth-order valence-corrected chi connectivity index (χ4v) is 1.70. The number of rotatable bonds is 7. The summed E-state index contributed by atoms with van der Waals surface area (Å²) in [7, 11) is -3.29. The second-order valence-corrected chi connectivity index (χ2v) is 5.39. The molecule has 106 valence electrons. The molecule has 1 aromatic heterocycles. The van der Waals surface area contributed by atoms with Crippen molar-refractivity contribution in [2.24, 2.45) is 5.84 Å². The lowest BCUT2D eigenvalue weighted by Gasteiger charge is -2.08. The number of aromatic nitrogens is 1. The van der Waals surface area contributed by atoms with Crippen LogP contribution in [0.5, 0.6) is 0 Å². The second-order valence-electron chi connectivity index (χ2n) is 3.56. The number of anilines is 2. The average molecular weight is 290 g/mol. The molecule has 0 unspecified atom stereocenters. The number of nitro groups is 1. The van der Waals surface area contributed by atoms with Crippen LogP contribution in [0, 0.1) is 10.1 Å². The normalized spacial score (nSPS) is 11.1. The summed E-state index contributed by atoms with van der Waals surface area (Å²) in [6.45, 7) is 0.229. The van der Waals surface area contributed by atoms with Crippen molar-refractivity contribution in [3.05, 3.63) is 22.2 Å². The number of nitrogens with two attached hydrogens (primary N) is 1. The maximum absolute atomic E-state index is 10.8. The van der Waals surface area contributed by atoms with E-state index in [4.69, 9.17) is 5.84 Å². The topological polar surface area (TPSA) is 152 Å². The Labute approximate surface area is 109 Å². The van der Waals surface area contributed by atoms with Gasteiger partial charge in [-0.3, -0.25) is 10.1 Å². The molecule has 0 fully saturated rings. The molecule has 1 rings (SSSR count). The van der Waals surface area contributed by atoms with Crippen molar-refractivity contribution in [2.45, 2.75) is 0 Å². The van der Waals surface area contributed by atoms with Crippen LogP contribution in [0.1, 0.15) is 0 Å². The van der Waals surface area contributed by atoms with Gasteiger partial charge in [0.05, 0.1) is 11.2 Å². The number of nitrogens with zero attached hydrogens (tertiary/aromatic N) is 2. The van der Waals surface area contributed by atoms with Crippen LogP contribution < -0.4 is 21.3 Å². The molecule has 0 saturated heterocycles. The summed E-state index contributed by atoms with van der Waals surface area (Å²) in [5.41, 5.74) is 2.04. The third-order valence-electron chi connectivity index (χ3n) is 2.00. The Bertz CT molecular complexity index is 560. The van der Waals surface area contributed by atoms with Crippen LogP contribution in [-0.2, 0) is 10.0 Å². The lowest BCUT2D eigenvalue weighted by Crippen LogP contribution is -2.28. The van der Waals surface area contributed by atoms with Crippen molar-refractivity contribution in [1.82, 2.24) is 9.71 Å². The highest BCUT2D eigenvalue weighted by atomic mass is 32.2. The number of nitrogens with one attached hydrogen (secondary N) is 3. The molecule has 0 amide bonds. The standard InChI is InChI=1S/C8H14N6O4S/c1-19(17,18)11-5-4-10-8-6(14(15)16)2-3-7(12-8)13-9/h2-3,11H,4-5,9H2,1H3,(H2,10,12,13). The minimum absolute atomic E-state index is 0.00995. The molecule has 0 radical (unpaired) electrons. The first kappa shape index (κ1) is 15.1. The summed E-state index contributed by atoms with van der Waals surface area (Å²) in [4.78, 5) is 14.1. The minimum atomic E-state index is -3.29. The Hall–Kier alpha value is -1.98. The zero-order valence-corrected chi connectivity index (χ0v) is 10.9. The Balaban J connectivity index is 2.72. The van der Waals surface area contributed by atoms with E-state index in [-0.39, 0.29) is 30.4 Å². The largest absolute Gasteiger partial charge is 0.363 e. The summed E-state index contributed by atoms with van der Waals surface area (Å²) in [5, 5.41) is 13.4. The van der Waals surface area contributed by atoms with Crippen molar-refractivity contribution in [3.63, 3.8) is 0 Å². The highest BCUT2D eigenvalue weighted by Gasteiger charge is 2.15. The average Bonchev–Trinajstić information content (AvgIpc) is 2.33. The molecule has 19 heavy (non-hydrogen) atoms. The maximum Gasteiger partial charge on any atom is 0.311 e. The Morgan fingerprint density at radius 1 is 1.42 bits per heavy atom. The molecule has 1 heterocycles. The lowest BCUT2D eigenvalue weighted by molar-refractivity contribution is -0.384. The smallest absolute Gasteiger partial charge is 0.311 e. The third kappa shape index (κ3) is 5.03. The first-order valence-corrected chi connectivity index (χ1v) is 7.03. The number of pyridine rings is 1. The molecule has 0 atom stereocenters. The van der Waals surface area contributed by atoms with Crippen molar-refractivity contribution in [3.8, 4) is 0 Å². The van der Waals surface area contributed by atoms with Gasteiger partial charge in [0.25, 0.3) is 0 Å². The monoisotopic (exact) mass is 290 g/mol. The number of hydrogen-bond donors (Lipinski definition) is 4. The van der Waals surface area contributed by atoms with Crippen molar-refractivity contribution in [1.29, 1.82) is 0 Å².